The van der Waals surface area contributed by atoms with Crippen LogP contribution in [0.25, 0.3) is 17.2 Å². The maximum Gasteiger partial charge on any atom is 0.248 e. The van der Waals surface area contributed by atoms with Gasteiger partial charge in [0.1, 0.15) is 23.2 Å². The molecule has 0 fully saturated rings. The molecule has 6 nitrogen and oxygen atoms in total. The Balaban J connectivity index is 1.45. The molecule has 0 saturated carbocycles. The molecule has 8 heteroatoms. The molecule has 4 aromatic rings. The number of nitrogens with two attached hydrogens (primary N) is 1. The number of para-hydroxylation sites is 2. The van der Waals surface area contributed by atoms with Crippen LogP contribution < -0.4 is 21.1 Å². The first-order valence-electron chi connectivity index (χ1n) is 10.6. The number of carbonyl (C=O) groups is 1. The zero-order valence-corrected chi connectivity index (χ0v) is 18.8. The normalized spacial score (nSPS) is 10.8. The van der Waals surface area contributed by atoms with E-state index in [1.807, 2.05) is 12.1 Å². The number of hydrogen-bond donors (Lipinski definition) is 3. The van der Waals surface area contributed by atoms with Crippen LogP contribution in [0.15, 0.2) is 85.1 Å². The molecule has 4 N–H and O–H groups in total. The van der Waals surface area contributed by atoms with Crippen LogP contribution in [0.2, 0.25) is 0 Å². The molecular formula is C27H22F2N4O2. The number of amides is 1. The van der Waals surface area contributed by atoms with Gasteiger partial charge in [0.05, 0.1) is 24.7 Å². The van der Waals surface area contributed by atoms with Crippen LogP contribution in [0, 0.1) is 11.6 Å². The minimum Gasteiger partial charge on any atom is -0.496 e. The van der Waals surface area contributed by atoms with Gasteiger partial charge in [0.25, 0.3) is 0 Å². The van der Waals surface area contributed by atoms with E-state index >= 15 is 0 Å². The average molecular weight is 472 g/mol. The summed E-state index contributed by atoms with van der Waals surface area (Å²) in [6, 6.07) is 19.7. The number of hydrogen-bond acceptors (Lipinski definition) is 5. The largest absolute Gasteiger partial charge is 0.496 e. The Bertz CT molecular complexity index is 1390. The Morgan fingerprint density at radius 2 is 1.77 bits per heavy atom. The first kappa shape index (κ1) is 23.4. The van der Waals surface area contributed by atoms with Crippen molar-refractivity contribution in [1.29, 1.82) is 0 Å². The molecule has 1 aromatic heterocycles. The van der Waals surface area contributed by atoms with Gasteiger partial charge in [0.15, 0.2) is 0 Å². The van der Waals surface area contributed by atoms with E-state index in [0.717, 1.165) is 11.8 Å². The number of nitrogens with one attached hydrogen (secondary N) is 2. The lowest BCUT2D eigenvalue weighted by Crippen LogP contribution is -2.09. The number of nitrogens with zero attached hydrogens (tertiary/aromatic N) is 1. The number of rotatable bonds is 7. The van der Waals surface area contributed by atoms with Gasteiger partial charge in [-0.1, -0.05) is 24.3 Å². The van der Waals surface area contributed by atoms with Crippen LogP contribution in [0.3, 0.4) is 0 Å². The van der Waals surface area contributed by atoms with Crippen molar-refractivity contribution in [3.05, 3.63) is 102 Å². The first-order chi connectivity index (χ1) is 16.9. The van der Waals surface area contributed by atoms with Crippen LogP contribution in [-0.2, 0) is 4.79 Å². The van der Waals surface area contributed by atoms with Crippen molar-refractivity contribution in [2.45, 2.75) is 0 Å². The molecule has 0 unspecified atom stereocenters. The molecule has 0 aliphatic rings. The van der Waals surface area contributed by atoms with Crippen molar-refractivity contribution in [3.8, 4) is 16.9 Å². The minimum atomic E-state index is -0.559. The van der Waals surface area contributed by atoms with Crippen LogP contribution >= 0.6 is 0 Å². The zero-order valence-electron chi connectivity index (χ0n) is 18.8. The first-order valence-corrected chi connectivity index (χ1v) is 10.6. The number of nitrogen functional groups attached to an aromatic ring is 1. The summed E-state index contributed by atoms with van der Waals surface area (Å²) < 4.78 is 33.2. The molecule has 4 rings (SSSR count). The monoisotopic (exact) mass is 472 g/mol. The maximum atomic E-state index is 14.5. The highest BCUT2D eigenvalue weighted by Crippen LogP contribution is 2.33. The number of aromatic nitrogens is 1. The molecule has 0 bridgehead atoms. The number of pyridine rings is 1. The lowest BCUT2D eigenvalue weighted by atomic mass is 10.0. The van der Waals surface area contributed by atoms with E-state index in [1.165, 1.54) is 37.5 Å². The lowest BCUT2D eigenvalue weighted by Gasteiger charge is -2.12. The highest BCUT2D eigenvalue weighted by atomic mass is 19.1. The molecule has 3 aromatic carbocycles. The summed E-state index contributed by atoms with van der Waals surface area (Å²) in [5.41, 5.74) is 9.01. The Kier molecular flexibility index (Phi) is 7.02. The summed E-state index contributed by atoms with van der Waals surface area (Å²) in [5, 5.41) is 5.84. The number of carbonyl (C=O) groups excluding carboxylic acids is 1. The smallest absolute Gasteiger partial charge is 0.248 e. The molecule has 0 radical (unpaired) electrons. The number of methoxy groups -OCH3 is 1. The third kappa shape index (κ3) is 5.80. The van der Waals surface area contributed by atoms with Crippen molar-refractivity contribution in [2.75, 3.05) is 23.5 Å². The molecule has 1 heterocycles. The predicted molar refractivity (Wildman–Crippen MR) is 134 cm³/mol. The molecule has 0 aliphatic heterocycles. The minimum absolute atomic E-state index is 0.219. The van der Waals surface area contributed by atoms with Crippen LogP contribution in [0.5, 0.6) is 5.75 Å². The summed E-state index contributed by atoms with van der Waals surface area (Å²) >= 11 is 0. The SMILES string of the molecule is COc1cc(F)ccc1-c1cc(Nc2ccc(/C=C/C(=O)Nc3ccccc3N)cc2)ncc1F. The van der Waals surface area contributed by atoms with Crippen molar-refractivity contribution in [2.24, 2.45) is 0 Å². The van der Waals surface area contributed by atoms with E-state index in [2.05, 4.69) is 15.6 Å². The van der Waals surface area contributed by atoms with Crippen LogP contribution in [0.1, 0.15) is 5.56 Å². The summed E-state index contributed by atoms with van der Waals surface area (Å²) in [7, 11) is 1.40. The average Bonchev–Trinajstić information content (AvgIpc) is 2.86. The molecule has 176 valence electrons. The number of anilines is 4. The molecule has 0 saturated heterocycles. The maximum absolute atomic E-state index is 14.5. The van der Waals surface area contributed by atoms with E-state index in [-0.39, 0.29) is 17.2 Å². The second kappa shape index (κ2) is 10.5. The number of halogens is 2. The Hall–Kier alpha value is -4.72. The van der Waals surface area contributed by atoms with Gasteiger partial charge in [0.2, 0.25) is 5.91 Å². The van der Waals surface area contributed by atoms with Gasteiger partial charge in [-0.25, -0.2) is 13.8 Å². The van der Waals surface area contributed by atoms with Crippen molar-refractivity contribution < 1.29 is 18.3 Å². The molecular weight excluding hydrogens is 450 g/mol. The van der Waals surface area contributed by atoms with E-state index in [0.29, 0.717) is 28.4 Å². The topological polar surface area (TPSA) is 89.3 Å². The van der Waals surface area contributed by atoms with E-state index in [4.69, 9.17) is 10.5 Å². The molecule has 0 aliphatic carbocycles. The fourth-order valence-corrected chi connectivity index (χ4v) is 3.38. The van der Waals surface area contributed by atoms with Gasteiger partial charge >= 0.3 is 0 Å². The third-order valence-electron chi connectivity index (χ3n) is 5.14. The van der Waals surface area contributed by atoms with Gasteiger partial charge in [-0.3, -0.25) is 4.79 Å². The van der Waals surface area contributed by atoms with Gasteiger partial charge < -0.3 is 21.1 Å². The van der Waals surface area contributed by atoms with Gasteiger partial charge in [-0.15, -0.1) is 0 Å². The number of benzene rings is 3. The van der Waals surface area contributed by atoms with E-state index in [9.17, 15) is 13.6 Å². The zero-order chi connectivity index (χ0) is 24.8. The Labute approximate surface area is 201 Å². The van der Waals surface area contributed by atoms with Crippen molar-refractivity contribution in [1.82, 2.24) is 4.98 Å². The predicted octanol–water partition coefficient (Wildman–Crippen LogP) is 6.01. The second-order valence-corrected chi connectivity index (χ2v) is 7.55. The summed E-state index contributed by atoms with van der Waals surface area (Å²) in [6.07, 6.45) is 4.18. The summed E-state index contributed by atoms with van der Waals surface area (Å²) in [6.45, 7) is 0. The fourth-order valence-electron chi connectivity index (χ4n) is 3.38. The van der Waals surface area contributed by atoms with Gasteiger partial charge in [-0.2, -0.15) is 0 Å². The third-order valence-corrected chi connectivity index (χ3v) is 5.14. The highest BCUT2D eigenvalue weighted by Gasteiger charge is 2.13. The Morgan fingerprint density at radius 1 is 1.00 bits per heavy atom. The lowest BCUT2D eigenvalue weighted by molar-refractivity contribution is -0.111. The number of ether oxygens (including phenoxy) is 1. The van der Waals surface area contributed by atoms with E-state index in [1.54, 1.807) is 42.5 Å². The molecule has 1 amide bonds. The highest BCUT2D eigenvalue weighted by molar-refractivity contribution is 6.03. The Morgan fingerprint density at radius 3 is 2.51 bits per heavy atom. The van der Waals surface area contributed by atoms with Crippen molar-refractivity contribution in [3.63, 3.8) is 0 Å². The van der Waals surface area contributed by atoms with Gasteiger partial charge in [0, 0.05) is 29.0 Å². The van der Waals surface area contributed by atoms with Crippen LogP contribution in [0.4, 0.5) is 31.7 Å². The summed E-state index contributed by atoms with van der Waals surface area (Å²) in [5.74, 6) is -0.720. The summed E-state index contributed by atoms with van der Waals surface area (Å²) in [4.78, 5) is 16.2. The standard InChI is InChI=1S/C27H22F2N4O2/c1-35-25-14-18(28)9-12-20(25)21-15-26(31-16-22(21)29)32-19-10-6-17(7-11-19)8-13-27(34)33-24-5-3-2-4-23(24)30/h2-16H,30H2,1H3,(H,31,32)(H,33,34)/b13-8+. The fraction of sp³-hybridized carbons (Fsp3) is 0.0370. The second-order valence-electron chi connectivity index (χ2n) is 7.55. The molecule has 35 heavy (non-hydrogen) atoms. The van der Waals surface area contributed by atoms with E-state index < -0.39 is 11.6 Å². The molecule has 0 atom stereocenters. The quantitative estimate of drug-likeness (QED) is 0.226. The molecule has 0 spiro atoms. The van der Waals surface area contributed by atoms with Crippen molar-refractivity contribution >= 4 is 34.9 Å². The van der Waals surface area contributed by atoms with Crippen LogP contribution in [-0.4, -0.2) is 18.0 Å². The van der Waals surface area contributed by atoms with Gasteiger partial charge in [-0.05, 0) is 54.1 Å².